The van der Waals surface area contributed by atoms with E-state index < -0.39 is 41.0 Å². The van der Waals surface area contributed by atoms with E-state index in [1.165, 1.54) is 19.3 Å². The number of carbonyl (C=O) groups excluding carboxylic acids is 6. The average Bonchev–Trinajstić information content (AvgIpc) is 3.19. The molecule has 1 fully saturated rings. The summed E-state index contributed by atoms with van der Waals surface area (Å²) < 4.78 is 10.7. The third-order valence-electron chi connectivity index (χ3n) is 6.57. The molecule has 1 aliphatic heterocycles. The zero-order chi connectivity index (χ0) is 32.5. The minimum absolute atomic E-state index is 0.0113. The predicted molar refractivity (Wildman–Crippen MR) is 160 cm³/mol. The van der Waals surface area contributed by atoms with Gasteiger partial charge < -0.3 is 19.6 Å². The van der Waals surface area contributed by atoms with Gasteiger partial charge in [0.25, 0.3) is 11.8 Å². The molecule has 1 heterocycles. The summed E-state index contributed by atoms with van der Waals surface area (Å²) in [6.07, 6.45) is 11.8. The van der Waals surface area contributed by atoms with Gasteiger partial charge in [0.15, 0.2) is 0 Å². The van der Waals surface area contributed by atoms with Gasteiger partial charge in [-0.15, -0.1) is 5.06 Å². The largest absolute Gasteiger partial charge is 0.460 e. The molecule has 0 saturated carbocycles. The summed E-state index contributed by atoms with van der Waals surface area (Å²) in [6, 6.07) is -1.05. The lowest BCUT2D eigenvalue weighted by Gasteiger charge is -2.24. The summed E-state index contributed by atoms with van der Waals surface area (Å²) in [5.41, 5.74) is -1.20. The number of nitrogens with one attached hydrogen (secondary N) is 1. The lowest BCUT2D eigenvalue weighted by Crippen LogP contribution is -2.44. The van der Waals surface area contributed by atoms with Gasteiger partial charge in [0.05, 0.1) is 6.42 Å². The Bertz CT molecular complexity index is 918. The van der Waals surface area contributed by atoms with Crippen molar-refractivity contribution in [1.82, 2.24) is 10.4 Å². The number of carbonyl (C=O) groups is 6. The van der Waals surface area contributed by atoms with Crippen molar-refractivity contribution in [2.45, 2.75) is 168 Å². The number of unbranched alkanes of at least 4 members (excludes halogenated alkanes) is 10. The second kappa shape index (κ2) is 19.3. The molecular formula is C32H54N2O9. The van der Waals surface area contributed by atoms with Crippen molar-refractivity contribution in [3.8, 4) is 0 Å². The van der Waals surface area contributed by atoms with Crippen molar-refractivity contribution in [2.24, 2.45) is 0 Å². The Morgan fingerprint density at radius 3 is 1.56 bits per heavy atom. The molecule has 0 aliphatic carbocycles. The average molecular weight is 611 g/mol. The number of rotatable bonds is 20. The summed E-state index contributed by atoms with van der Waals surface area (Å²) in [6.45, 7) is 10.8. The Balaban J connectivity index is 2.22. The van der Waals surface area contributed by atoms with E-state index in [1.807, 2.05) is 20.8 Å². The van der Waals surface area contributed by atoms with Gasteiger partial charge in [-0.05, 0) is 60.8 Å². The van der Waals surface area contributed by atoms with Crippen molar-refractivity contribution in [1.29, 1.82) is 0 Å². The highest BCUT2D eigenvalue weighted by molar-refractivity contribution is 6.01. The number of nitrogens with zero attached hydrogens (tertiary/aromatic N) is 1. The second-order valence-electron chi connectivity index (χ2n) is 13.2. The first kappa shape index (κ1) is 38.0. The van der Waals surface area contributed by atoms with E-state index in [1.54, 1.807) is 20.8 Å². The van der Waals surface area contributed by atoms with E-state index in [9.17, 15) is 28.8 Å². The zero-order valence-electron chi connectivity index (χ0n) is 27.2. The lowest BCUT2D eigenvalue weighted by molar-refractivity contribution is -0.197. The Morgan fingerprint density at radius 2 is 1.09 bits per heavy atom. The molecule has 0 aromatic heterocycles. The number of esters is 2. The van der Waals surface area contributed by atoms with Crippen molar-refractivity contribution in [3.63, 3.8) is 0 Å². The minimum atomic E-state index is -1.05. The Morgan fingerprint density at radius 1 is 0.651 bits per heavy atom. The fraction of sp³-hybridized carbons (Fsp3) is 0.812. The van der Waals surface area contributed by atoms with Crippen LogP contribution in [0.15, 0.2) is 0 Å². The molecular weight excluding hydrogens is 556 g/mol. The van der Waals surface area contributed by atoms with E-state index in [-0.39, 0.29) is 44.0 Å². The number of hydrogen-bond acceptors (Lipinski definition) is 9. The molecule has 11 nitrogen and oxygen atoms in total. The number of hydroxylamine groups is 2. The summed E-state index contributed by atoms with van der Waals surface area (Å²) >= 11 is 0. The zero-order valence-corrected chi connectivity index (χ0v) is 27.2. The summed E-state index contributed by atoms with van der Waals surface area (Å²) in [5.74, 6) is -3.10. The monoisotopic (exact) mass is 610 g/mol. The number of ether oxygens (including phenoxy) is 2. The van der Waals surface area contributed by atoms with Crippen LogP contribution in [0, 0.1) is 0 Å². The molecule has 1 unspecified atom stereocenters. The van der Waals surface area contributed by atoms with Gasteiger partial charge in [-0.2, -0.15) is 0 Å². The van der Waals surface area contributed by atoms with Crippen LogP contribution < -0.4 is 5.32 Å². The summed E-state index contributed by atoms with van der Waals surface area (Å²) in [4.78, 5) is 77.3. The molecule has 11 heteroatoms. The first-order valence-corrected chi connectivity index (χ1v) is 15.9. The molecule has 1 aliphatic rings. The molecule has 0 bridgehead atoms. The molecule has 0 spiro atoms. The first-order chi connectivity index (χ1) is 20.1. The maximum atomic E-state index is 12.7. The molecule has 0 radical (unpaired) electrons. The van der Waals surface area contributed by atoms with E-state index in [2.05, 4.69) is 5.32 Å². The van der Waals surface area contributed by atoms with Gasteiger partial charge in [-0.1, -0.05) is 57.8 Å². The van der Waals surface area contributed by atoms with Gasteiger partial charge in [-0.3, -0.25) is 19.2 Å². The van der Waals surface area contributed by atoms with Crippen LogP contribution in [0.3, 0.4) is 0 Å². The SMILES string of the molecule is CC(C)(C)OC(=O)CCCCCCCCCCCCCC(=O)NC(CCC(=O)ON1C(=O)CCC1=O)C(=O)OC(C)(C)C. The van der Waals surface area contributed by atoms with Crippen LogP contribution in [0.4, 0.5) is 0 Å². The summed E-state index contributed by atoms with van der Waals surface area (Å²) in [5, 5.41) is 3.13. The lowest BCUT2D eigenvalue weighted by atomic mass is 10.0. The molecule has 1 saturated heterocycles. The van der Waals surface area contributed by atoms with E-state index >= 15 is 0 Å². The number of amides is 3. The maximum absolute atomic E-state index is 12.7. The molecule has 1 atom stereocenters. The second-order valence-corrected chi connectivity index (χ2v) is 13.2. The van der Waals surface area contributed by atoms with E-state index in [4.69, 9.17) is 14.3 Å². The molecule has 43 heavy (non-hydrogen) atoms. The van der Waals surface area contributed by atoms with Gasteiger partial charge in [0.1, 0.15) is 17.2 Å². The predicted octanol–water partition coefficient (Wildman–Crippen LogP) is 5.61. The van der Waals surface area contributed by atoms with Gasteiger partial charge in [-0.25, -0.2) is 9.59 Å². The fourth-order valence-electron chi connectivity index (χ4n) is 4.49. The maximum Gasteiger partial charge on any atom is 0.333 e. The number of imide groups is 1. The Kier molecular flexibility index (Phi) is 17.1. The summed E-state index contributed by atoms with van der Waals surface area (Å²) in [7, 11) is 0. The standard InChI is InChI=1S/C32H54N2O9/c1-31(2,3)41-28(38)19-17-15-13-11-9-7-8-10-12-14-16-18-25(35)33-24(30(40)42-32(4,5)6)20-23-29(39)43-34-26(36)21-22-27(34)37/h24H,7-23H2,1-6H3,(H,33,35). The van der Waals surface area contributed by atoms with Crippen LogP contribution in [-0.4, -0.2) is 57.9 Å². The van der Waals surface area contributed by atoms with Crippen molar-refractivity contribution >= 4 is 35.6 Å². The van der Waals surface area contributed by atoms with Crippen LogP contribution in [-0.2, 0) is 43.1 Å². The fourth-order valence-corrected chi connectivity index (χ4v) is 4.49. The Hall–Kier alpha value is -2.98. The third-order valence-corrected chi connectivity index (χ3v) is 6.57. The molecule has 0 aromatic carbocycles. The molecule has 1 N–H and O–H groups in total. The van der Waals surface area contributed by atoms with Crippen LogP contribution >= 0.6 is 0 Å². The highest BCUT2D eigenvalue weighted by Gasteiger charge is 2.33. The molecule has 3 amide bonds. The van der Waals surface area contributed by atoms with Gasteiger partial charge in [0, 0.05) is 25.7 Å². The van der Waals surface area contributed by atoms with Crippen LogP contribution in [0.1, 0.15) is 151 Å². The van der Waals surface area contributed by atoms with Crippen LogP contribution in [0.25, 0.3) is 0 Å². The number of hydrogen-bond donors (Lipinski definition) is 1. The first-order valence-electron chi connectivity index (χ1n) is 15.9. The minimum Gasteiger partial charge on any atom is -0.460 e. The molecule has 1 rings (SSSR count). The normalized spacial score (nSPS) is 14.4. The van der Waals surface area contributed by atoms with Gasteiger partial charge >= 0.3 is 17.9 Å². The van der Waals surface area contributed by atoms with Crippen LogP contribution in [0.2, 0.25) is 0 Å². The van der Waals surface area contributed by atoms with E-state index in [0.29, 0.717) is 17.9 Å². The topological polar surface area (TPSA) is 145 Å². The molecule has 0 aromatic rings. The Labute approximate surface area is 257 Å². The molecule has 246 valence electrons. The van der Waals surface area contributed by atoms with Crippen molar-refractivity contribution in [2.75, 3.05) is 0 Å². The third kappa shape index (κ3) is 19.0. The van der Waals surface area contributed by atoms with Crippen LogP contribution in [0.5, 0.6) is 0 Å². The van der Waals surface area contributed by atoms with Crippen molar-refractivity contribution < 1.29 is 43.1 Å². The van der Waals surface area contributed by atoms with Gasteiger partial charge in [0.2, 0.25) is 5.91 Å². The smallest absolute Gasteiger partial charge is 0.333 e. The highest BCUT2D eigenvalue weighted by Crippen LogP contribution is 2.17. The quantitative estimate of drug-likeness (QED) is 0.106. The van der Waals surface area contributed by atoms with E-state index in [0.717, 1.165) is 44.9 Å². The highest BCUT2D eigenvalue weighted by atomic mass is 16.7. The van der Waals surface area contributed by atoms with Crippen molar-refractivity contribution in [3.05, 3.63) is 0 Å².